The number of aryl methyl sites for hydroxylation is 1. The number of nitrogens with one attached hydrogen (secondary N) is 1. The molecule has 1 aliphatic rings. The minimum atomic E-state index is -3.19. The normalized spacial score (nSPS) is 16.7. The number of ether oxygens (including phenoxy) is 1. The highest BCUT2D eigenvalue weighted by Crippen LogP contribution is 2.28. The Kier molecular flexibility index (Phi) is 6.15. The molecule has 1 aromatic carbocycles. The largest absolute Gasteiger partial charge is 0.380 e. The van der Waals surface area contributed by atoms with Crippen molar-refractivity contribution in [2.24, 2.45) is 5.73 Å². The summed E-state index contributed by atoms with van der Waals surface area (Å²) in [6, 6.07) is 4.97. The number of sulfone groups is 1. The van der Waals surface area contributed by atoms with E-state index in [4.69, 9.17) is 10.5 Å². The van der Waals surface area contributed by atoms with Crippen molar-refractivity contribution in [2.75, 3.05) is 24.7 Å². The van der Waals surface area contributed by atoms with Crippen LogP contribution in [0.2, 0.25) is 0 Å². The van der Waals surface area contributed by atoms with Crippen LogP contribution >= 0.6 is 12.4 Å². The van der Waals surface area contributed by atoms with Crippen LogP contribution in [0.1, 0.15) is 12.0 Å². The van der Waals surface area contributed by atoms with Gasteiger partial charge in [-0.1, -0.05) is 6.07 Å². The zero-order valence-electron chi connectivity index (χ0n) is 11.7. The second-order valence-electron chi connectivity index (χ2n) is 4.74. The average molecular weight is 335 g/mol. The van der Waals surface area contributed by atoms with E-state index < -0.39 is 9.84 Å². The van der Waals surface area contributed by atoms with E-state index in [0.717, 1.165) is 5.56 Å². The van der Waals surface area contributed by atoms with E-state index in [1.54, 1.807) is 12.1 Å². The molecule has 1 unspecified atom stereocenters. The molecule has 0 radical (unpaired) electrons. The van der Waals surface area contributed by atoms with Gasteiger partial charge >= 0.3 is 0 Å². The van der Waals surface area contributed by atoms with Crippen LogP contribution < -0.4 is 11.1 Å². The lowest BCUT2D eigenvalue weighted by Gasteiger charge is -2.13. The van der Waals surface area contributed by atoms with Gasteiger partial charge in [-0.2, -0.15) is 0 Å². The molecule has 1 amide bonds. The fraction of sp³-hybridized carbons (Fsp3) is 0.462. The number of methoxy groups -OCH3 is 1. The summed E-state index contributed by atoms with van der Waals surface area (Å²) >= 11 is 0. The number of carbonyl (C=O) groups is 1. The third-order valence-electron chi connectivity index (χ3n) is 3.34. The molecule has 0 spiro atoms. The molecule has 8 heteroatoms. The van der Waals surface area contributed by atoms with Gasteiger partial charge in [-0.3, -0.25) is 4.79 Å². The number of carbonyl (C=O) groups excluding carboxylic acids is 1. The smallest absolute Gasteiger partial charge is 0.227 e. The van der Waals surface area contributed by atoms with Gasteiger partial charge in [0.25, 0.3) is 0 Å². The number of halogens is 1. The Labute approximate surface area is 130 Å². The first kappa shape index (κ1) is 17.9. The molecule has 0 saturated carbocycles. The van der Waals surface area contributed by atoms with Crippen LogP contribution in [0.5, 0.6) is 0 Å². The first-order valence-corrected chi connectivity index (χ1v) is 8.00. The van der Waals surface area contributed by atoms with Gasteiger partial charge in [-0.15, -0.1) is 12.4 Å². The zero-order chi connectivity index (χ0) is 14.8. The number of amides is 1. The lowest BCUT2D eigenvalue weighted by molar-refractivity contribution is -0.118. The first-order valence-electron chi connectivity index (χ1n) is 6.34. The van der Waals surface area contributed by atoms with Gasteiger partial charge < -0.3 is 15.8 Å². The lowest BCUT2D eigenvalue weighted by atomic mass is 10.1. The second-order valence-corrected chi connectivity index (χ2v) is 6.81. The Hall–Kier alpha value is -1.15. The summed E-state index contributed by atoms with van der Waals surface area (Å²) in [5, 5.41) is 2.67. The summed E-state index contributed by atoms with van der Waals surface area (Å²) in [5.41, 5.74) is 6.73. The summed E-state index contributed by atoms with van der Waals surface area (Å²) in [6.07, 6.45) is 0.329. The van der Waals surface area contributed by atoms with Crippen molar-refractivity contribution in [3.63, 3.8) is 0 Å². The average Bonchev–Trinajstić information content (AvgIpc) is 2.72. The molecule has 2 rings (SSSR count). The van der Waals surface area contributed by atoms with Crippen molar-refractivity contribution in [3.8, 4) is 0 Å². The molecule has 0 fully saturated rings. The molecule has 1 atom stereocenters. The van der Waals surface area contributed by atoms with Gasteiger partial charge in [0.1, 0.15) is 0 Å². The van der Waals surface area contributed by atoms with Crippen LogP contribution in [-0.4, -0.2) is 39.8 Å². The van der Waals surface area contributed by atoms with E-state index >= 15 is 0 Å². The Bertz CT molecular complexity index is 615. The fourth-order valence-corrected chi connectivity index (χ4v) is 3.75. The van der Waals surface area contributed by atoms with Gasteiger partial charge in [-0.25, -0.2) is 8.42 Å². The van der Waals surface area contributed by atoms with Gasteiger partial charge in [-0.05, 0) is 24.1 Å². The van der Waals surface area contributed by atoms with Gasteiger partial charge in [0.2, 0.25) is 5.91 Å². The molecular weight excluding hydrogens is 316 g/mol. The van der Waals surface area contributed by atoms with Gasteiger partial charge in [0, 0.05) is 19.3 Å². The summed E-state index contributed by atoms with van der Waals surface area (Å²) < 4.78 is 28.7. The van der Waals surface area contributed by atoms with Crippen molar-refractivity contribution < 1.29 is 17.9 Å². The SMILES string of the molecule is COC(CN)CC(=O)Nc1ccc2c(c1)S(=O)(=O)CC2.Cl. The number of anilines is 1. The van der Waals surface area contributed by atoms with Crippen LogP contribution in [0.3, 0.4) is 0 Å². The predicted octanol–water partition coefficient (Wildman–Crippen LogP) is 0.740. The maximum absolute atomic E-state index is 11.8. The standard InChI is InChI=1S/C13H18N2O4S.ClH/c1-19-11(8-14)7-13(16)15-10-3-2-9-4-5-20(17,18)12(9)6-10;/h2-3,6,11H,4-5,7-8,14H2,1H3,(H,15,16);1H. The highest BCUT2D eigenvalue weighted by molar-refractivity contribution is 7.91. The molecule has 0 aromatic heterocycles. The molecular formula is C13H19ClN2O4S. The third kappa shape index (κ3) is 4.16. The summed E-state index contributed by atoms with van der Waals surface area (Å²) in [5.74, 6) is -0.115. The summed E-state index contributed by atoms with van der Waals surface area (Å²) in [7, 11) is -1.70. The number of hydrogen-bond donors (Lipinski definition) is 2. The molecule has 1 heterocycles. The van der Waals surface area contributed by atoms with Crippen molar-refractivity contribution >= 4 is 33.8 Å². The Morgan fingerprint density at radius 3 is 2.81 bits per heavy atom. The highest BCUT2D eigenvalue weighted by Gasteiger charge is 2.26. The van der Waals surface area contributed by atoms with Crippen molar-refractivity contribution in [2.45, 2.75) is 23.8 Å². The number of benzene rings is 1. The van der Waals surface area contributed by atoms with Crippen LogP contribution in [0.15, 0.2) is 23.1 Å². The predicted molar refractivity (Wildman–Crippen MR) is 82.5 cm³/mol. The van der Waals surface area contributed by atoms with E-state index in [1.165, 1.54) is 13.2 Å². The van der Waals surface area contributed by atoms with Crippen molar-refractivity contribution in [3.05, 3.63) is 23.8 Å². The molecule has 1 aromatic rings. The number of nitrogens with two attached hydrogens (primary N) is 1. The van der Waals surface area contributed by atoms with Crippen LogP contribution in [0, 0.1) is 0 Å². The van der Waals surface area contributed by atoms with E-state index in [9.17, 15) is 13.2 Å². The first-order chi connectivity index (χ1) is 9.46. The van der Waals surface area contributed by atoms with E-state index in [-0.39, 0.29) is 43.1 Å². The molecule has 21 heavy (non-hydrogen) atoms. The monoisotopic (exact) mass is 334 g/mol. The van der Waals surface area contributed by atoms with E-state index in [0.29, 0.717) is 17.0 Å². The Balaban J connectivity index is 0.00000220. The topological polar surface area (TPSA) is 98.5 Å². The highest BCUT2D eigenvalue weighted by atomic mass is 35.5. The van der Waals surface area contributed by atoms with Crippen molar-refractivity contribution in [1.82, 2.24) is 0 Å². The van der Waals surface area contributed by atoms with E-state index in [2.05, 4.69) is 5.32 Å². The maximum Gasteiger partial charge on any atom is 0.227 e. The number of rotatable bonds is 5. The Morgan fingerprint density at radius 2 is 2.19 bits per heavy atom. The van der Waals surface area contributed by atoms with Crippen LogP contribution in [-0.2, 0) is 25.8 Å². The summed E-state index contributed by atoms with van der Waals surface area (Å²) in [4.78, 5) is 12.1. The van der Waals surface area contributed by atoms with Crippen molar-refractivity contribution in [1.29, 1.82) is 0 Å². The molecule has 0 saturated heterocycles. The number of hydrogen-bond acceptors (Lipinski definition) is 5. The minimum absolute atomic E-state index is 0. The minimum Gasteiger partial charge on any atom is -0.380 e. The van der Waals surface area contributed by atoms with Crippen LogP contribution in [0.25, 0.3) is 0 Å². The quantitative estimate of drug-likeness (QED) is 0.827. The number of fused-ring (bicyclic) bond motifs is 1. The second kappa shape index (κ2) is 7.22. The third-order valence-corrected chi connectivity index (χ3v) is 5.13. The van der Waals surface area contributed by atoms with Gasteiger partial charge in [0.05, 0.1) is 23.2 Å². The zero-order valence-corrected chi connectivity index (χ0v) is 13.3. The molecule has 118 valence electrons. The van der Waals surface area contributed by atoms with Gasteiger partial charge in [0.15, 0.2) is 9.84 Å². The molecule has 3 N–H and O–H groups in total. The van der Waals surface area contributed by atoms with E-state index in [1.807, 2.05) is 0 Å². The van der Waals surface area contributed by atoms with Crippen LogP contribution in [0.4, 0.5) is 5.69 Å². The molecule has 1 aliphatic heterocycles. The maximum atomic E-state index is 11.8. The Morgan fingerprint density at radius 1 is 1.48 bits per heavy atom. The molecule has 0 aliphatic carbocycles. The molecule has 6 nitrogen and oxygen atoms in total. The fourth-order valence-electron chi connectivity index (χ4n) is 2.16. The molecule has 0 bridgehead atoms. The summed E-state index contributed by atoms with van der Waals surface area (Å²) in [6.45, 7) is 0.252. The lowest BCUT2D eigenvalue weighted by Crippen LogP contribution is -2.28.